The Balaban J connectivity index is 1.89. The summed E-state index contributed by atoms with van der Waals surface area (Å²) in [7, 11) is 1.62. The van der Waals surface area contributed by atoms with Crippen LogP contribution in [0.2, 0.25) is 0 Å². The van der Waals surface area contributed by atoms with E-state index in [-0.39, 0.29) is 18.9 Å². The number of rotatable bonds is 5. The summed E-state index contributed by atoms with van der Waals surface area (Å²) < 4.78 is 16.4. The zero-order valence-corrected chi connectivity index (χ0v) is 10.4. The molecule has 0 aromatic heterocycles. The molecule has 2 unspecified atom stereocenters. The van der Waals surface area contributed by atoms with Crippen LogP contribution in [-0.4, -0.2) is 26.0 Å². The second-order valence-electron chi connectivity index (χ2n) is 4.22. The van der Waals surface area contributed by atoms with Gasteiger partial charge >= 0.3 is 0 Å². The molecule has 5 nitrogen and oxygen atoms in total. The molecule has 1 saturated heterocycles. The van der Waals surface area contributed by atoms with E-state index in [1.54, 1.807) is 7.11 Å². The van der Waals surface area contributed by atoms with Gasteiger partial charge in [-0.2, -0.15) is 4.91 Å². The fraction of sp³-hybridized carbons (Fsp3) is 0.538. The van der Waals surface area contributed by atoms with Gasteiger partial charge in [0.05, 0.1) is 13.2 Å². The number of nitroso groups, excluding NO2 is 1. The van der Waals surface area contributed by atoms with E-state index in [0.29, 0.717) is 0 Å². The van der Waals surface area contributed by atoms with Gasteiger partial charge in [0, 0.05) is 6.42 Å². The summed E-state index contributed by atoms with van der Waals surface area (Å²) in [6.07, 6.45) is 2.29. The molecule has 2 atom stereocenters. The van der Waals surface area contributed by atoms with E-state index in [2.05, 4.69) is 5.18 Å². The molecule has 0 spiro atoms. The van der Waals surface area contributed by atoms with Gasteiger partial charge in [-0.1, -0.05) is 5.18 Å². The molecule has 0 saturated carbocycles. The van der Waals surface area contributed by atoms with E-state index in [1.165, 1.54) is 0 Å². The Kier molecular flexibility index (Phi) is 4.52. The molecule has 2 rings (SSSR count). The Hall–Kier alpha value is -1.62. The lowest BCUT2D eigenvalue weighted by atomic mass is 10.1. The number of ether oxygens (including phenoxy) is 3. The average molecular weight is 251 g/mol. The maximum Gasteiger partial charge on any atom is 0.200 e. The Morgan fingerprint density at radius 1 is 1.28 bits per heavy atom. The SMILES string of the molecule is COc1ccc(OC2CCCC(CN=O)O2)cc1. The second kappa shape index (κ2) is 6.35. The number of benzene rings is 1. The van der Waals surface area contributed by atoms with Crippen molar-refractivity contribution in [1.29, 1.82) is 0 Å². The van der Waals surface area contributed by atoms with Gasteiger partial charge in [-0.05, 0) is 37.1 Å². The predicted octanol–water partition coefficient (Wildman–Crippen LogP) is 2.74. The van der Waals surface area contributed by atoms with Crippen LogP contribution in [0.3, 0.4) is 0 Å². The van der Waals surface area contributed by atoms with E-state index >= 15 is 0 Å². The molecular weight excluding hydrogens is 234 g/mol. The fourth-order valence-corrected chi connectivity index (χ4v) is 1.97. The molecule has 1 aliphatic heterocycles. The molecular formula is C13H17NO4. The first-order chi connectivity index (χ1) is 8.81. The lowest BCUT2D eigenvalue weighted by Gasteiger charge is -2.28. The van der Waals surface area contributed by atoms with Crippen molar-refractivity contribution < 1.29 is 14.2 Å². The highest BCUT2D eigenvalue weighted by molar-refractivity contribution is 5.31. The van der Waals surface area contributed by atoms with Gasteiger partial charge < -0.3 is 14.2 Å². The van der Waals surface area contributed by atoms with Crippen LogP contribution in [0.25, 0.3) is 0 Å². The van der Waals surface area contributed by atoms with Crippen molar-refractivity contribution in [3.63, 3.8) is 0 Å². The molecule has 5 heteroatoms. The zero-order valence-electron chi connectivity index (χ0n) is 10.4. The van der Waals surface area contributed by atoms with Crippen molar-refractivity contribution in [3.05, 3.63) is 29.2 Å². The van der Waals surface area contributed by atoms with Crippen LogP contribution in [0.5, 0.6) is 11.5 Å². The highest BCUT2D eigenvalue weighted by atomic mass is 16.7. The zero-order chi connectivity index (χ0) is 12.8. The standard InChI is InChI=1S/C13H17NO4/c1-16-10-5-7-11(8-6-10)17-13-4-2-3-12(18-13)9-14-15/h5-8,12-13H,2-4,9H2,1H3. The number of nitrogens with zero attached hydrogens (tertiary/aromatic N) is 1. The number of methoxy groups -OCH3 is 1. The Bertz CT molecular complexity index is 379. The predicted molar refractivity (Wildman–Crippen MR) is 66.8 cm³/mol. The van der Waals surface area contributed by atoms with Crippen LogP contribution >= 0.6 is 0 Å². The van der Waals surface area contributed by atoms with Crippen LogP contribution < -0.4 is 9.47 Å². The van der Waals surface area contributed by atoms with Crippen LogP contribution in [-0.2, 0) is 4.74 Å². The van der Waals surface area contributed by atoms with Gasteiger partial charge in [-0.25, -0.2) is 0 Å². The first-order valence-corrected chi connectivity index (χ1v) is 6.07. The summed E-state index contributed by atoms with van der Waals surface area (Å²) >= 11 is 0. The number of hydrogen-bond acceptors (Lipinski definition) is 5. The monoisotopic (exact) mass is 251 g/mol. The molecule has 0 amide bonds. The van der Waals surface area contributed by atoms with Crippen LogP contribution in [0, 0.1) is 4.91 Å². The van der Waals surface area contributed by atoms with E-state index in [9.17, 15) is 4.91 Å². The summed E-state index contributed by atoms with van der Waals surface area (Å²) in [6.45, 7) is 0.197. The largest absolute Gasteiger partial charge is 0.497 e. The fourth-order valence-electron chi connectivity index (χ4n) is 1.97. The minimum Gasteiger partial charge on any atom is -0.497 e. The third-order valence-electron chi connectivity index (χ3n) is 2.92. The first-order valence-electron chi connectivity index (χ1n) is 6.07. The van der Waals surface area contributed by atoms with Gasteiger partial charge in [0.15, 0.2) is 6.29 Å². The molecule has 0 aliphatic carbocycles. The molecule has 1 fully saturated rings. The maximum atomic E-state index is 10.2. The molecule has 18 heavy (non-hydrogen) atoms. The lowest BCUT2D eigenvalue weighted by molar-refractivity contribution is -0.143. The maximum absolute atomic E-state index is 10.2. The Morgan fingerprint density at radius 2 is 2.00 bits per heavy atom. The molecule has 0 N–H and O–H groups in total. The Morgan fingerprint density at radius 3 is 2.67 bits per heavy atom. The summed E-state index contributed by atoms with van der Waals surface area (Å²) in [5.41, 5.74) is 0. The van der Waals surface area contributed by atoms with Crippen molar-refractivity contribution in [1.82, 2.24) is 0 Å². The van der Waals surface area contributed by atoms with Gasteiger partial charge in [0.25, 0.3) is 0 Å². The summed E-state index contributed by atoms with van der Waals surface area (Å²) in [6, 6.07) is 7.35. The highest BCUT2D eigenvalue weighted by Gasteiger charge is 2.23. The first kappa shape index (κ1) is 12.8. The van der Waals surface area contributed by atoms with Crippen molar-refractivity contribution in [2.45, 2.75) is 31.7 Å². The topological polar surface area (TPSA) is 57.1 Å². The van der Waals surface area contributed by atoms with E-state index in [0.717, 1.165) is 30.8 Å². The molecule has 1 aromatic rings. The average Bonchev–Trinajstić information content (AvgIpc) is 2.40. The third kappa shape index (κ3) is 3.43. The van der Waals surface area contributed by atoms with E-state index < -0.39 is 0 Å². The third-order valence-corrected chi connectivity index (χ3v) is 2.92. The summed E-state index contributed by atoms with van der Waals surface area (Å²) in [5, 5.41) is 2.88. The van der Waals surface area contributed by atoms with Crippen molar-refractivity contribution in [3.8, 4) is 11.5 Å². The van der Waals surface area contributed by atoms with Crippen LogP contribution in [0.4, 0.5) is 0 Å². The van der Waals surface area contributed by atoms with Gasteiger partial charge in [0.1, 0.15) is 18.0 Å². The number of hydrogen-bond donors (Lipinski definition) is 0. The van der Waals surface area contributed by atoms with Crippen molar-refractivity contribution in [2.24, 2.45) is 5.18 Å². The van der Waals surface area contributed by atoms with Gasteiger partial charge in [0.2, 0.25) is 0 Å². The van der Waals surface area contributed by atoms with Crippen molar-refractivity contribution in [2.75, 3.05) is 13.7 Å². The minimum atomic E-state index is -0.293. The molecule has 1 aliphatic rings. The van der Waals surface area contributed by atoms with Crippen molar-refractivity contribution >= 4 is 0 Å². The van der Waals surface area contributed by atoms with Crippen LogP contribution in [0.15, 0.2) is 29.4 Å². The quantitative estimate of drug-likeness (QED) is 0.755. The highest BCUT2D eigenvalue weighted by Crippen LogP contribution is 2.24. The van der Waals surface area contributed by atoms with Crippen LogP contribution in [0.1, 0.15) is 19.3 Å². The molecule has 98 valence electrons. The van der Waals surface area contributed by atoms with E-state index in [4.69, 9.17) is 14.2 Å². The Labute approximate surface area is 106 Å². The second-order valence-corrected chi connectivity index (χ2v) is 4.22. The molecule has 0 radical (unpaired) electrons. The smallest absolute Gasteiger partial charge is 0.200 e. The summed E-state index contributed by atoms with van der Waals surface area (Å²) in [4.78, 5) is 10.2. The lowest BCUT2D eigenvalue weighted by Crippen LogP contribution is -2.33. The molecule has 1 aromatic carbocycles. The van der Waals surface area contributed by atoms with E-state index in [1.807, 2.05) is 24.3 Å². The molecule has 0 bridgehead atoms. The minimum absolute atomic E-state index is 0.112. The summed E-state index contributed by atoms with van der Waals surface area (Å²) in [5.74, 6) is 1.52. The van der Waals surface area contributed by atoms with Gasteiger partial charge in [-0.3, -0.25) is 0 Å². The van der Waals surface area contributed by atoms with Gasteiger partial charge in [-0.15, -0.1) is 0 Å². The molecule has 1 heterocycles. The normalized spacial score (nSPS) is 23.4.